The van der Waals surface area contributed by atoms with Crippen LogP contribution in [0.25, 0.3) is 0 Å². The molecule has 0 fully saturated rings. The predicted octanol–water partition coefficient (Wildman–Crippen LogP) is 3.99. The third kappa shape index (κ3) is 3.36. The summed E-state index contributed by atoms with van der Waals surface area (Å²) < 4.78 is 4.99. The molecule has 0 amide bonds. The normalized spacial score (nSPS) is 10.4. The lowest BCUT2D eigenvalue weighted by Gasteiger charge is -2.05. The first-order valence-corrected chi connectivity index (χ1v) is 7.31. The number of esters is 1. The molecule has 4 nitrogen and oxygen atoms in total. The summed E-state index contributed by atoms with van der Waals surface area (Å²) in [5, 5.41) is 3.95. The Kier molecular flexibility index (Phi) is 4.39. The third-order valence-electron chi connectivity index (χ3n) is 2.74. The highest BCUT2D eigenvalue weighted by Crippen LogP contribution is 2.26. The molecule has 1 heterocycles. The van der Waals surface area contributed by atoms with Crippen LogP contribution in [-0.2, 0) is 4.74 Å². The molecule has 5 heteroatoms. The highest BCUT2D eigenvalue weighted by atomic mass is 32.1. The zero-order chi connectivity index (χ0) is 14.7. The molecule has 0 aliphatic carbocycles. The molecule has 0 radical (unpaired) electrons. The van der Waals surface area contributed by atoms with Crippen molar-refractivity contribution in [2.24, 2.45) is 0 Å². The van der Waals surface area contributed by atoms with Crippen molar-refractivity contribution in [1.29, 1.82) is 0 Å². The standard InChI is InChI=1S/C15H18N2O2S/c1-5-19-14(18)13-11(4)20-15(17-13)16-12-7-9(2)6-10(3)8-12/h6-8H,5H2,1-4H3,(H,16,17). The first-order valence-electron chi connectivity index (χ1n) is 6.49. The molecule has 0 saturated heterocycles. The second kappa shape index (κ2) is 6.05. The van der Waals surface area contributed by atoms with E-state index < -0.39 is 0 Å². The van der Waals surface area contributed by atoms with Crippen LogP contribution in [0.1, 0.15) is 33.4 Å². The molecule has 2 rings (SSSR count). The van der Waals surface area contributed by atoms with Crippen LogP contribution in [0.2, 0.25) is 0 Å². The highest BCUT2D eigenvalue weighted by Gasteiger charge is 2.16. The van der Waals surface area contributed by atoms with Crippen molar-refractivity contribution in [3.8, 4) is 0 Å². The number of aromatic nitrogens is 1. The van der Waals surface area contributed by atoms with Gasteiger partial charge in [0.1, 0.15) is 0 Å². The Morgan fingerprint density at radius 2 is 1.90 bits per heavy atom. The first kappa shape index (κ1) is 14.5. The number of hydrogen-bond acceptors (Lipinski definition) is 5. The molecule has 1 N–H and O–H groups in total. The Morgan fingerprint density at radius 3 is 2.50 bits per heavy atom. The van der Waals surface area contributed by atoms with E-state index in [0.717, 1.165) is 10.6 Å². The van der Waals surface area contributed by atoms with Crippen LogP contribution in [0.5, 0.6) is 0 Å². The van der Waals surface area contributed by atoms with Crippen LogP contribution in [0.4, 0.5) is 10.8 Å². The van der Waals surface area contributed by atoms with Gasteiger partial charge in [-0.25, -0.2) is 9.78 Å². The number of carbonyl (C=O) groups excluding carboxylic acids is 1. The maximum absolute atomic E-state index is 11.7. The molecule has 0 aliphatic rings. The van der Waals surface area contributed by atoms with Gasteiger partial charge in [-0.05, 0) is 51.0 Å². The van der Waals surface area contributed by atoms with Crippen LogP contribution >= 0.6 is 11.3 Å². The summed E-state index contributed by atoms with van der Waals surface area (Å²) in [6.07, 6.45) is 0. The van der Waals surface area contributed by atoms with Gasteiger partial charge >= 0.3 is 5.97 Å². The average Bonchev–Trinajstić information content (AvgIpc) is 2.69. The number of rotatable bonds is 4. The number of thiazole rings is 1. The molecule has 1 aromatic heterocycles. The van der Waals surface area contributed by atoms with Crippen molar-refractivity contribution >= 4 is 28.1 Å². The Hall–Kier alpha value is -1.88. The number of aryl methyl sites for hydroxylation is 3. The minimum Gasteiger partial charge on any atom is -0.461 e. The molecule has 0 saturated carbocycles. The maximum atomic E-state index is 11.7. The van der Waals surface area contributed by atoms with E-state index in [1.807, 2.05) is 19.1 Å². The zero-order valence-electron chi connectivity index (χ0n) is 12.1. The first-order chi connectivity index (χ1) is 9.49. The number of hydrogen-bond donors (Lipinski definition) is 1. The summed E-state index contributed by atoms with van der Waals surface area (Å²) in [6.45, 7) is 8.12. The van der Waals surface area contributed by atoms with Crippen molar-refractivity contribution in [3.63, 3.8) is 0 Å². The number of nitrogens with zero attached hydrogens (tertiary/aromatic N) is 1. The van der Waals surface area contributed by atoms with Crippen LogP contribution in [-0.4, -0.2) is 17.6 Å². The highest BCUT2D eigenvalue weighted by molar-refractivity contribution is 7.15. The quantitative estimate of drug-likeness (QED) is 0.865. The van der Waals surface area contributed by atoms with Gasteiger partial charge in [0, 0.05) is 10.6 Å². The van der Waals surface area contributed by atoms with Crippen molar-refractivity contribution < 1.29 is 9.53 Å². The topological polar surface area (TPSA) is 51.2 Å². The monoisotopic (exact) mass is 290 g/mol. The fourth-order valence-corrected chi connectivity index (χ4v) is 2.83. The van der Waals surface area contributed by atoms with Crippen LogP contribution in [0.3, 0.4) is 0 Å². The van der Waals surface area contributed by atoms with E-state index in [9.17, 15) is 4.79 Å². The van der Waals surface area contributed by atoms with E-state index in [-0.39, 0.29) is 5.97 Å². The Bertz CT molecular complexity index is 615. The van der Waals surface area contributed by atoms with E-state index in [1.165, 1.54) is 22.5 Å². The molecule has 0 atom stereocenters. The molecule has 0 spiro atoms. The van der Waals surface area contributed by atoms with E-state index in [4.69, 9.17) is 4.74 Å². The summed E-state index contributed by atoms with van der Waals surface area (Å²) in [7, 11) is 0. The van der Waals surface area contributed by atoms with Gasteiger partial charge in [0.2, 0.25) is 0 Å². The lowest BCUT2D eigenvalue weighted by Crippen LogP contribution is -2.06. The van der Waals surface area contributed by atoms with Gasteiger partial charge < -0.3 is 10.1 Å². The number of nitrogens with one attached hydrogen (secondary N) is 1. The summed E-state index contributed by atoms with van der Waals surface area (Å²) in [4.78, 5) is 16.9. The molecule has 106 valence electrons. The van der Waals surface area contributed by atoms with Gasteiger partial charge in [-0.1, -0.05) is 6.07 Å². The van der Waals surface area contributed by atoms with Gasteiger partial charge in [-0.2, -0.15) is 0 Å². The lowest BCUT2D eigenvalue weighted by molar-refractivity contribution is 0.0519. The van der Waals surface area contributed by atoms with Crippen molar-refractivity contribution in [2.45, 2.75) is 27.7 Å². The van der Waals surface area contributed by atoms with Crippen molar-refractivity contribution in [3.05, 3.63) is 39.9 Å². The summed E-state index contributed by atoms with van der Waals surface area (Å²) >= 11 is 1.45. The largest absolute Gasteiger partial charge is 0.461 e. The van der Waals surface area contributed by atoms with Crippen LogP contribution in [0, 0.1) is 20.8 Å². The molecule has 2 aromatic rings. The van der Waals surface area contributed by atoms with Gasteiger partial charge in [0.25, 0.3) is 0 Å². The summed E-state index contributed by atoms with van der Waals surface area (Å²) in [6, 6.07) is 6.21. The van der Waals surface area contributed by atoms with Gasteiger partial charge in [0.15, 0.2) is 10.8 Å². The minimum absolute atomic E-state index is 0.357. The smallest absolute Gasteiger partial charge is 0.358 e. The minimum atomic E-state index is -0.366. The van der Waals surface area contributed by atoms with Crippen LogP contribution in [0.15, 0.2) is 18.2 Å². The summed E-state index contributed by atoms with van der Waals surface area (Å²) in [5.74, 6) is -0.366. The van der Waals surface area contributed by atoms with E-state index in [2.05, 4.69) is 30.2 Å². The van der Waals surface area contributed by atoms with E-state index in [0.29, 0.717) is 17.4 Å². The molecule has 0 unspecified atom stereocenters. The number of anilines is 2. The lowest BCUT2D eigenvalue weighted by atomic mass is 10.1. The zero-order valence-corrected chi connectivity index (χ0v) is 12.9. The fourth-order valence-electron chi connectivity index (χ4n) is 2.01. The number of ether oxygens (including phenoxy) is 1. The number of benzene rings is 1. The Balaban J connectivity index is 2.22. The second-order valence-electron chi connectivity index (χ2n) is 4.65. The Labute approximate surface area is 122 Å². The molecule has 0 aliphatic heterocycles. The predicted molar refractivity (Wildman–Crippen MR) is 82.0 cm³/mol. The second-order valence-corrected chi connectivity index (χ2v) is 5.85. The molecule has 1 aromatic carbocycles. The average molecular weight is 290 g/mol. The third-order valence-corrected chi connectivity index (χ3v) is 3.62. The molecule has 0 bridgehead atoms. The molecule has 20 heavy (non-hydrogen) atoms. The van der Waals surface area contributed by atoms with Gasteiger partial charge in [-0.3, -0.25) is 0 Å². The molecular formula is C15H18N2O2S. The van der Waals surface area contributed by atoms with Crippen LogP contribution < -0.4 is 5.32 Å². The van der Waals surface area contributed by atoms with Crippen molar-refractivity contribution in [2.75, 3.05) is 11.9 Å². The van der Waals surface area contributed by atoms with Gasteiger partial charge in [-0.15, -0.1) is 11.3 Å². The maximum Gasteiger partial charge on any atom is 0.358 e. The Morgan fingerprint density at radius 1 is 1.25 bits per heavy atom. The molecular weight excluding hydrogens is 272 g/mol. The number of carbonyl (C=O) groups is 1. The SMILES string of the molecule is CCOC(=O)c1nc(Nc2cc(C)cc(C)c2)sc1C. The van der Waals surface area contributed by atoms with Gasteiger partial charge in [0.05, 0.1) is 6.61 Å². The summed E-state index contributed by atoms with van der Waals surface area (Å²) in [5.41, 5.74) is 3.74. The van der Waals surface area contributed by atoms with Crippen molar-refractivity contribution in [1.82, 2.24) is 4.98 Å². The fraction of sp³-hybridized carbons (Fsp3) is 0.333. The van der Waals surface area contributed by atoms with E-state index >= 15 is 0 Å². The van der Waals surface area contributed by atoms with E-state index in [1.54, 1.807) is 6.92 Å².